The maximum Gasteiger partial charge on any atom is 0.235 e. The van der Waals surface area contributed by atoms with E-state index < -0.39 is 11.9 Å². The molecule has 0 aromatic carbocycles. The van der Waals surface area contributed by atoms with Gasteiger partial charge in [0.2, 0.25) is 5.91 Å². The van der Waals surface area contributed by atoms with Gasteiger partial charge in [-0.25, -0.2) is 0 Å². The normalized spacial score (nSPS) is 13.9. The van der Waals surface area contributed by atoms with E-state index in [1.165, 1.54) is 0 Å². The number of primary amides is 1. The predicted molar refractivity (Wildman–Crippen MR) is 66.9 cm³/mol. The van der Waals surface area contributed by atoms with Gasteiger partial charge in [0, 0.05) is 17.8 Å². The van der Waals surface area contributed by atoms with Crippen molar-refractivity contribution < 1.29 is 4.79 Å². The Morgan fingerprint density at radius 1 is 1.47 bits per heavy atom. The van der Waals surface area contributed by atoms with Crippen molar-refractivity contribution in [2.75, 3.05) is 19.3 Å². The van der Waals surface area contributed by atoms with Crippen LogP contribution in [0.3, 0.4) is 0 Å². The van der Waals surface area contributed by atoms with E-state index in [0.29, 0.717) is 6.54 Å². The van der Waals surface area contributed by atoms with Crippen LogP contribution in [0.15, 0.2) is 0 Å². The Morgan fingerprint density at radius 3 is 2.33 bits per heavy atom. The first-order valence-electron chi connectivity index (χ1n) is 5.32. The van der Waals surface area contributed by atoms with Crippen molar-refractivity contribution in [1.82, 2.24) is 5.32 Å². The SMILES string of the molecule is CCC(CC)(CNCC(N)C(N)=O)SC. The number of carbonyl (C=O) groups is 1. The molecule has 0 radical (unpaired) electrons. The van der Waals surface area contributed by atoms with Crippen LogP contribution in [0.1, 0.15) is 26.7 Å². The highest BCUT2D eigenvalue weighted by Gasteiger charge is 2.24. The summed E-state index contributed by atoms with van der Waals surface area (Å²) >= 11 is 1.86. The lowest BCUT2D eigenvalue weighted by Gasteiger charge is -2.30. The molecule has 0 saturated carbocycles. The first kappa shape index (κ1) is 14.7. The summed E-state index contributed by atoms with van der Waals surface area (Å²) in [7, 11) is 0. The van der Waals surface area contributed by atoms with Gasteiger partial charge in [0.1, 0.15) is 0 Å². The van der Waals surface area contributed by atoms with Gasteiger partial charge in [-0.15, -0.1) is 0 Å². The fourth-order valence-corrected chi connectivity index (χ4v) is 2.24. The van der Waals surface area contributed by atoms with Crippen molar-refractivity contribution in [3.05, 3.63) is 0 Å². The molecule has 90 valence electrons. The third-order valence-corrected chi connectivity index (χ3v) is 4.49. The highest BCUT2D eigenvalue weighted by Crippen LogP contribution is 2.29. The molecule has 0 aliphatic carbocycles. The molecule has 0 aromatic rings. The number of amides is 1. The van der Waals surface area contributed by atoms with Crippen molar-refractivity contribution in [2.24, 2.45) is 11.5 Å². The van der Waals surface area contributed by atoms with E-state index in [-0.39, 0.29) is 4.75 Å². The number of nitrogens with two attached hydrogens (primary N) is 2. The quantitative estimate of drug-likeness (QED) is 0.563. The highest BCUT2D eigenvalue weighted by atomic mass is 32.2. The van der Waals surface area contributed by atoms with Gasteiger partial charge >= 0.3 is 0 Å². The van der Waals surface area contributed by atoms with Crippen LogP contribution < -0.4 is 16.8 Å². The minimum absolute atomic E-state index is 0.247. The summed E-state index contributed by atoms with van der Waals surface area (Å²) in [5.41, 5.74) is 10.6. The zero-order valence-electron chi connectivity index (χ0n) is 9.88. The molecule has 4 nitrogen and oxygen atoms in total. The van der Waals surface area contributed by atoms with E-state index >= 15 is 0 Å². The van der Waals surface area contributed by atoms with Crippen molar-refractivity contribution in [1.29, 1.82) is 0 Å². The second-order valence-electron chi connectivity index (χ2n) is 3.73. The van der Waals surface area contributed by atoms with Crippen LogP contribution in [0.4, 0.5) is 0 Å². The van der Waals surface area contributed by atoms with Crippen LogP contribution in [0.5, 0.6) is 0 Å². The summed E-state index contributed by atoms with van der Waals surface area (Å²) in [6.45, 7) is 5.67. The maximum absolute atomic E-state index is 10.7. The molecule has 0 spiro atoms. The van der Waals surface area contributed by atoms with Crippen molar-refractivity contribution in [2.45, 2.75) is 37.5 Å². The summed E-state index contributed by atoms with van der Waals surface area (Å²) in [6, 6.07) is -0.585. The lowest BCUT2D eigenvalue weighted by molar-refractivity contribution is -0.119. The minimum Gasteiger partial charge on any atom is -0.368 e. The summed E-state index contributed by atoms with van der Waals surface area (Å²) in [6.07, 6.45) is 4.32. The third-order valence-electron chi connectivity index (χ3n) is 2.90. The van der Waals surface area contributed by atoms with Gasteiger partial charge < -0.3 is 16.8 Å². The van der Waals surface area contributed by atoms with E-state index in [9.17, 15) is 4.79 Å². The molecule has 1 amide bonds. The van der Waals surface area contributed by atoms with E-state index in [2.05, 4.69) is 25.4 Å². The molecule has 0 aromatic heterocycles. The fourth-order valence-electron chi connectivity index (χ4n) is 1.42. The zero-order valence-corrected chi connectivity index (χ0v) is 10.7. The Hall–Kier alpha value is -0.260. The first-order chi connectivity index (χ1) is 7.01. The molecule has 0 rings (SSSR count). The monoisotopic (exact) mass is 233 g/mol. The van der Waals surface area contributed by atoms with Crippen molar-refractivity contribution in [3.8, 4) is 0 Å². The standard InChI is InChI=1S/C10H23N3OS/c1-4-10(5-2,15-3)7-13-6-8(11)9(12)14/h8,13H,4-7,11H2,1-3H3,(H2,12,14). The van der Waals surface area contributed by atoms with Crippen LogP contribution in [0, 0.1) is 0 Å². The molecule has 5 heteroatoms. The lowest BCUT2D eigenvalue weighted by Crippen LogP contribution is -2.47. The smallest absolute Gasteiger partial charge is 0.235 e. The molecule has 0 aliphatic rings. The molecule has 15 heavy (non-hydrogen) atoms. The predicted octanol–water partition coefficient (Wildman–Crippen LogP) is 0.310. The second kappa shape index (κ2) is 7.09. The summed E-state index contributed by atoms with van der Waals surface area (Å²) < 4.78 is 0.247. The van der Waals surface area contributed by atoms with Gasteiger partial charge in [0.05, 0.1) is 6.04 Å². The molecule has 1 unspecified atom stereocenters. The molecule has 1 atom stereocenters. The Labute approximate surface area is 96.5 Å². The number of carbonyl (C=O) groups excluding carboxylic acids is 1. The maximum atomic E-state index is 10.7. The average Bonchev–Trinajstić information content (AvgIpc) is 2.24. The van der Waals surface area contributed by atoms with Gasteiger partial charge in [-0.1, -0.05) is 13.8 Å². The number of hydrogen-bond donors (Lipinski definition) is 3. The first-order valence-corrected chi connectivity index (χ1v) is 6.54. The van der Waals surface area contributed by atoms with Gasteiger partial charge in [0.25, 0.3) is 0 Å². The summed E-state index contributed by atoms with van der Waals surface area (Å²) in [5.74, 6) is -0.453. The van der Waals surface area contributed by atoms with Gasteiger partial charge in [-0.2, -0.15) is 11.8 Å². The topological polar surface area (TPSA) is 81.1 Å². The fraction of sp³-hybridized carbons (Fsp3) is 0.900. The van der Waals surface area contributed by atoms with Crippen molar-refractivity contribution in [3.63, 3.8) is 0 Å². The van der Waals surface area contributed by atoms with E-state index in [1.54, 1.807) is 0 Å². The van der Waals surface area contributed by atoms with Crippen LogP contribution in [-0.4, -0.2) is 36.0 Å². The van der Waals surface area contributed by atoms with Gasteiger partial charge in [-0.05, 0) is 19.1 Å². The van der Waals surface area contributed by atoms with Crippen LogP contribution in [0.25, 0.3) is 0 Å². The number of hydrogen-bond acceptors (Lipinski definition) is 4. The Morgan fingerprint density at radius 2 is 2.00 bits per heavy atom. The lowest BCUT2D eigenvalue weighted by atomic mass is 10.0. The number of thioether (sulfide) groups is 1. The molecular formula is C10H23N3OS. The Balaban J connectivity index is 3.96. The second-order valence-corrected chi connectivity index (χ2v) is 5.01. The summed E-state index contributed by atoms with van der Waals surface area (Å²) in [5, 5.41) is 3.21. The molecule has 5 N–H and O–H groups in total. The Kier molecular flexibility index (Phi) is 6.96. The average molecular weight is 233 g/mol. The largest absolute Gasteiger partial charge is 0.368 e. The third kappa shape index (κ3) is 4.86. The molecular weight excluding hydrogens is 210 g/mol. The minimum atomic E-state index is -0.585. The van der Waals surface area contributed by atoms with E-state index in [1.807, 2.05) is 11.8 Å². The molecule has 0 saturated heterocycles. The zero-order chi connectivity index (χ0) is 11.9. The van der Waals surface area contributed by atoms with Crippen molar-refractivity contribution >= 4 is 17.7 Å². The van der Waals surface area contributed by atoms with Gasteiger partial charge in [0.15, 0.2) is 0 Å². The number of rotatable bonds is 8. The molecule has 0 aliphatic heterocycles. The van der Waals surface area contributed by atoms with Crippen LogP contribution in [0.2, 0.25) is 0 Å². The van der Waals surface area contributed by atoms with Crippen LogP contribution in [-0.2, 0) is 4.79 Å². The van der Waals surface area contributed by atoms with Crippen LogP contribution >= 0.6 is 11.8 Å². The summed E-state index contributed by atoms with van der Waals surface area (Å²) in [4.78, 5) is 10.7. The van der Waals surface area contributed by atoms with E-state index in [4.69, 9.17) is 11.5 Å². The molecule has 0 bridgehead atoms. The highest BCUT2D eigenvalue weighted by molar-refractivity contribution is 8.00. The number of nitrogens with one attached hydrogen (secondary N) is 1. The van der Waals surface area contributed by atoms with E-state index in [0.717, 1.165) is 19.4 Å². The van der Waals surface area contributed by atoms with Gasteiger partial charge in [-0.3, -0.25) is 4.79 Å². The molecule has 0 fully saturated rings. The Bertz CT molecular complexity index is 187. The molecule has 0 heterocycles.